The first-order valence-corrected chi connectivity index (χ1v) is 7.45. The molecule has 0 heterocycles. The van der Waals surface area contributed by atoms with Crippen LogP contribution in [0.5, 0.6) is 0 Å². The van der Waals surface area contributed by atoms with Gasteiger partial charge in [0.1, 0.15) is 0 Å². The lowest BCUT2D eigenvalue weighted by molar-refractivity contribution is -0.0150. The quantitative estimate of drug-likeness (QED) is 0.550. The summed E-state index contributed by atoms with van der Waals surface area (Å²) in [5.74, 6) is 3.45. The Kier molecular flexibility index (Phi) is 4.86. The molecule has 0 bridgehead atoms. The summed E-state index contributed by atoms with van der Waals surface area (Å²) >= 11 is 0. The molecule has 4 atom stereocenters. The molecule has 0 heteroatoms. The van der Waals surface area contributed by atoms with Crippen LogP contribution in [0.2, 0.25) is 0 Å². The van der Waals surface area contributed by atoms with Gasteiger partial charge in [-0.1, -0.05) is 46.6 Å². The summed E-state index contributed by atoms with van der Waals surface area (Å²) in [5, 5.41) is 0. The van der Waals surface area contributed by atoms with Gasteiger partial charge in [-0.15, -0.1) is 6.58 Å². The van der Waals surface area contributed by atoms with Gasteiger partial charge >= 0.3 is 0 Å². The van der Waals surface area contributed by atoms with Gasteiger partial charge in [0.2, 0.25) is 0 Å². The second-order valence-corrected chi connectivity index (χ2v) is 7.13. The number of hydrogen-bond acceptors (Lipinski definition) is 0. The van der Waals surface area contributed by atoms with Gasteiger partial charge in [-0.3, -0.25) is 0 Å². The molecular weight excluding hydrogens is 204 g/mol. The lowest BCUT2D eigenvalue weighted by atomic mass is 9.54. The number of allylic oxidation sites excluding steroid dienone is 1. The zero-order valence-corrected chi connectivity index (χ0v) is 12.8. The van der Waals surface area contributed by atoms with Crippen LogP contribution in [0.3, 0.4) is 0 Å². The topological polar surface area (TPSA) is 0 Å². The zero-order chi connectivity index (χ0) is 13.2. The first-order valence-electron chi connectivity index (χ1n) is 7.45. The molecule has 0 saturated heterocycles. The fourth-order valence-corrected chi connectivity index (χ4v) is 4.28. The minimum Gasteiger partial charge on any atom is -0.100 e. The SMILES string of the molecule is C=C(C)CC(C)[C@H]1C(CC)CC[C@@H](C)C1(C)C. The smallest absolute Gasteiger partial charge is 0.0295 e. The van der Waals surface area contributed by atoms with Crippen LogP contribution in [0.15, 0.2) is 12.2 Å². The number of rotatable bonds is 4. The average molecular weight is 236 g/mol. The third-order valence-electron chi connectivity index (χ3n) is 5.42. The van der Waals surface area contributed by atoms with Crippen LogP contribution in [0, 0.1) is 29.1 Å². The van der Waals surface area contributed by atoms with Crippen molar-refractivity contribution < 1.29 is 0 Å². The standard InChI is InChI=1S/C17H32/c1-8-15-10-9-14(5)17(6,7)16(15)13(4)11-12(2)3/h13-16H,2,8-11H2,1,3-7H3/t13?,14-,15?,16+/m1/s1. The van der Waals surface area contributed by atoms with Crippen molar-refractivity contribution in [1.82, 2.24) is 0 Å². The zero-order valence-electron chi connectivity index (χ0n) is 12.8. The summed E-state index contributed by atoms with van der Waals surface area (Å²) in [7, 11) is 0. The molecule has 1 fully saturated rings. The highest BCUT2D eigenvalue weighted by Gasteiger charge is 2.44. The van der Waals surface area contributed by atoms with Gasteiger partial charge in [-0.25, -0.2) is 0 Å². The Balaban J connectivity index is 2.90. The second kappa shape index (κ2) is 5.59. The van der Waals surface area contributed by atoms with Crippen molar-refractivity contribution in [3.63, 3.8) is 0 Å². The van der Waals surface area contributed by atoms with Crippen molar-refractivity contribution in [1.29, 1.82) is 0 Å². The molecule has 1 aliphatic rings. The fraction of sp³-hybridized carbons (Fsp3) is 0.882. The van der Waals surface area contributed by atoms with Gasteiger partial charge in [0.15, 0.2) is 0 Å². The van der Waals surface area contributed by atoms with Gasteiger partial charge in [0, 0.05) is 0 Å². The van der Waals surface area contributed by atoms with Gasteiger partial charge in [-0.2, -0.15) is 0 Å². The van der Waals surface area contributed by atoms with E-state index in [0.29, 0.717) is 5.41 Å². The van der Waals surface area contributed by atoms with E-state index in [1.165, 1.54) is 31.3 Å². The maximum absolute atomic E-state index is 4.11. The highest BCUT2D eigenvalue weighted by Crippen LogP contribution is 2.52. The summed E-state index contributed by atoms with van der Waals surface area (Å²) in [6.07, 6.45) is 5.41. The van der Waals surface area contributed by atoms with E-state index in [-0.39, 0.29) is 0 Å². The van der Waals surface area contributed by atoms with E-state index in [9.17, 15) is 0 Å². The average Bonchev–Trinajstić information content (AvgIpc) is 2.20. The highest BCUT2D eigenvalue weighted by molar-refractivity contribution is 4.98. The summed E-state index contributed by atoms with van der Waals surface area (Å²) in [5.41, 5.74) is 1.84. The van der Waals surface area contributed by atoms with Crippen molar-refractivity contribution in [2.45, 2.75) is 67.2 Å². The van der Waals surface area contributed by atoms with Crippen LogP contribution >= 0.6 is 0 Å². The Labute approximate surface area is 109 Å². The Morgan fingerprint density at radius 3 is 2.41 bits per heavy atom. The molecule has 0 aromatic rings. The van der Waals surface area contributed by atoms with Gasteiger partial charge in [0.05, 0.1) is 0 Å². The minimum atomic E-state index is 0.494. The van der Waals surface area contributed by atoms with Crippen LogP contribution in [-0.2, 0) is 0 Å². The Hall–Kier alpha value is -0.260. The Bertz CT molecular complexity index is 261. The lowest BCUT2D eigenvalue weighted by Gasteiger charge is -2.51. The predicted octanol–water partition coefficient (Wildman–Crippen LogP) is 5.69. The first kappa shape index (κ1) is 14.8. The van der Waals surface area contributed by atoms with E-state index in [1.807, 2.05) is 0 Å². The summed E-state index contributed by atoms with van der Waals surface area (Å²) in [6.45, 7) is 18.6. The van der Waals surface area contributed by atoms with E-state index in [4.69, 9.17) is 0 Å². The third kappa shape index (κ3) is 3.14. The molecule has 2 unspecified atom stereocenters. The monoisotopic (exact) mass is 236 g/mol. The molecule has 0 aliphatic heterocycles. The molecule has 0 N–H and O–H groups in total. The molecular formula is C17H32. The van der Waals surface area contributed by atoms with Gasteiger partial charge in [-0.05, 0) is 55.3 Å². The van der Waals surface area contributed by atoms with E-state index < -0.39 is 0 Å². The van der Waals surface area contributed by atoms with Crippen molar-refractivity contribution in [2.75, 3.05) is 0 Å². The summed E-state index contributed by atoms with van der Waals surface area (Å²) < 4.78 is 0. The molecule has 0 spiro atoms. The molecule has 0 radical (unpaired) electrons. The summed E-state index contributed by atoms with van der Waals surface area (Å²) in [4.78, 5) is 0. The van der Waals surface area contributed by atoms with Crippen molar-refractivity contribution >= 4 is 0 Å². The highest BCUT2D eigenvalue weighted by atomic mass is 14.5. The molecule has 0 aromatic heterocycles. The lowest BCUT2D eigenvalue weighted by Crippen LogP contribution is -2.43. The molecule has 1 saturated carbocycles. The van der Waals surface area contributed by atoms with E-state index in [0.717, 1.165) is 23.7 Å². The third-order valence-corrected chi connectivity index (χ3v) is 5.42. The molecule has 1 rings (SSSR count). The molecule has 17 heavy (non-hydrogen) atoms. The predicted molar refractivity (Wildman–Crippen MR) is 78.0 cm³/mol. The van der Waals surface area contributed by atoms with Gasteiger partial charge in [0.25, 0.3) is 0 Å². The normalized spacial score (nSPS) is 34.4. The van der Waals surface area contributed by atoms with Crippen molar-refractivity contribution in [2.24, 2.45) is 29.1 Å². The van der Waals surface area contributed by atoms with E-state index >= 15 is 0 Å². The van der Waals surface area contributed by atoms with Crippen LogP contribution in [0.1, 0.15) is 67.2 Å². The van der Waals surface area contributed by atoms with Crippen LogP contribution in [0.4, 0.5) is 0 Å². The molecule has 100 valence electrons. The largest absolute Gasteiger partial charge is 0.100 e. The van der Waals surface area contributed by atoms with Crippen LogP contribution < -0.4 is 0 Å². The van der Waals surface area contributed by atoms with Crippen LogP contribution in [0.25, 0.3) is 0 Å². The van der Waals surface area contributed by atoms with E-state index in [1.54, 1.807) is 0 Å². The molecule has 0 amide bonds. The minimum absolute atomic E-state index is 0.494. The number of hydrogen-bond donors (Lipinski definition) is 0. The van der Waals surface area contributed by atoms with Crippen molar-refractivity contribution in [3.05, 3.63) is 12.2 Å². The fourth-order valence-electron chi connectivity index (χ4n) is 4.28. The maximum Gasteiger partial charge on any atom is -0.0295 e. The van der Waals surface area contributed by atoms with Crippen molar-refractivity contribution in [3.8, 4) is 0 Å². The molecule has 1 aliphatic carbocycles. The Morgan fingerprint density at radius 2 is 1.94 bits per heavy atom. The van der Waals surface area contributed by atoms with Crippen LogP contribution in [-0.4, -0.2) is 0 Å². The van der Waals surface area contributed by atoms with Gasteiger partial charge < -0.3 is 0 Å². The Morgan fingerprint density at radius 1 is 1.35 bits per heavy atom. The summed E-state index contributed by atoms with van der Waals surface area (Å²) in [6, 6.07) is 0. The first-order chi connectivity index (χ1) is 7.80. The second-order valence-electron chi connectivity index (χ2n) is 7.13. The molecule has 0 nitrogen and oxygen atoms in total. The van der Waals surface area contributed by atoms with E-state index in [2.05, 4.69) is 48.1 Å². The molecule has 0 aromatic carbocycles. The maximum atomic E-state index is 4.11.